The predicted molar refractivity (Wildman–Crippen MR) is 56.9 cm³/mol. The SMILES string of the molecule is NC(=O)COC(=O)c1ccc2c(c1)OCCO2. The number of hydrogen-bond acceptors (Lipinski definition) is 5. The van der Waals surface area contributed by atoms with Gasteiger partial charge in [-0.15, -0.1) is 0 Å². The van der Waals surface area contributed by atoms with Gasteiger partial charge >= 0.3 is 5.97 Å². The topological polar surface area (TPSA) is 87.9 Å². The van der Waals surface area contributed by atoms with Crippen LogP contribution in [-0.4, -0.2) is 31.7 Å². The van der Waals surface area contributed by atoms with Crippen molar-refractivity contribution in [3.8, 4) is 11.5 Å². The van der Waals surface area contributed by atoms with Crippen LogP contribution >= 0.6 is 0 Å². The van der Waals surface area contributed by atoms with E-state index in [2.05, 4.69) is 4.74 Å². The van der Waals surface area contributed by atoms with Gasteiger partial charge in [-0.1, -0.05) is 0 Å². The van der Waals surface area contributed by atoms with Crippen LogP contribution < -0.4 is 15.2 Å². The summed E-state index contributed by atoms with van der Waals surface area (Å²) >= 11 is 0. The smallest absolute Gasteiger partial charge is 0.338 e. The predicted octanol–water partition coefficient (Wildman–Crippen LogP) is 0.0999. The van der Waals surface area contributed by atoms with E-state index in [4.69, 9.17) is 15.2 Å². The third-order valence-electron chi connectivity index (χ3n) is 2.12. The summed E-state index contributed by atoms with van der Waals surface area (Å²) in [6.45, 7) is 0.485. The molecule has 1 aromatic rings. The minimum atomic E-state index is -0.698. The van der Waals surface area contributed by atoms with Gasteiger partial charge in [-0.2, -0.15) is 0 Å². The van der Waals surface area contributed by atoms with Gasteiger partial charge in [0.05, 0.1) is 5.56 Å². The minimum Gasteiger partial charge on any atom is -0.486 e. The summed E-state index contributed by atoms with van der Waals surface area (Å²) < 4.78 is 15.3. The molecule has 1 aliphatic heterocycles. The van der Waals surface area contributed by atoms with E-state index in [-0.39, 0.29) is 5.56 Å². The fraction of sp³-hybridized carbons (Fsp3) is 0.273. The lowest BCUT2D eigenvalue weighted by Crippen LogP contribution is -2.21. The molecule has 90 valence electrons. The van der Waals surface area contributed by atoms with Crippen molar-refractivity contribution in [3.05, 3.63) is 23.8 Å². The molecule has 0 unspecified atom stereocenters. The van der Waals surface area contributed by atoms with E-state index >= 15 is 0 Å². The minimum absolute atomic E-state index is 0.288. The van der Waals surface area contributed by atoms with Crippen LogP contribution in [0.2, 0.25) is 0 Å². The van der Waals surface area contributed by atoms with E-state index in [1.54, 1.807) is 6.07 Å². The molecule has 0 aliphatic carbocycles. The van der Waals surface area contributed by atoms with E-state index < -0.39 is 18.5 Å². The van der Waals surface area contributed by atoms with Gasteiger partial charge in [0.25, 0.3) is 5.91 Å². The number of nitrogens with two attached hydrogens (primary N) is 1. The molecule has 1 heterocycles. The van der Waals surface area contributed by atoms with Crippen LogP contribution in [0.5, 0.6) is 11.5 Å². The molecule has 0 saturated heterocycles. The van der Waals surface area contributed by atoms with Crippen molar-refractivity contribution in [2.75, 3.05) is 19.8 Å². The van der Waals surface area contributed by atoms with Gasteiger partial charge in [0.2, 0.25) is 0 Å². The molecule has 0 saturated carbocycles. The molecule has 1 aliphatic rings. The highest BCUT2D eigenvalue weighted by Crippen LogP contribution is 2.30. The van der Waals surface area contributed by atoms with E-state index in [0.717, 1.165) is 0 Å². The maximum Gasteiger partial charge on any atom is 0.338 e. The Labute approximate surface area is 97.3 Å². The average molecular weight is 237 g/mol. The number of carbonyl (C=O) groups is 2. The van der Waals surface area contributed by atoms with Crippen LogP contribution in [0.1, 0.15) is 10.4 Å². The second-order valence-corrected chi connectivity index (χ2v) is 3.40. The molecule has 2 N–H and O–H groups in total. The molecule has 0 radical (unpaired) electrons. The molecule has 17 heavy (non-hydrogen) atoms. The highest BCUT2D eigenvalue weighted by Gasteiger charge is 2.15. The van der Waals surface area contributed by atoms with Gasteiger partial charge in [-0.25, -0.2) is 4.79 Å². The van der Waals surface area contributed by atoms with E-state index in [0.29, 0.717) is 24.7 Å². The number of rotatable bonds is 3. The first kappa shape index (κ1) is 11.3. The lowest BCUT2D eigenvalue weighted by Gasteiger charge is -2.18. The lowest BCUT2D eigenvalue weighted by molar-refractivity contribution is -0.121. The zero-order chi connectivity index (χ0) is 12.3. The first-order valence-corrected chi connectivity index (χ1v) is 5.02. The van der Waals surface area contributed by atoms with Gasteiger partial charge in [-0.3, -0.25) is 4.79 Å². The fourth-order valence-corrected chi connectivity index (χ4v) is 1.39. The quantitative estimate of drug-likeness (QED) is 0.753. The second kappa shape index (κ2) is 4.73. The van der Waals surface area contributed by atoms with Crippen molar-refractivity contribution in [1.29, 1.82) is 0 Å². The largest absolute Gasteiger partial charge is 0.486 e. The Hall–Kier alpha value is -2.24. The standard InChI is InChI=1S/C11H11NO5/c12-10(13)6-17-11(14)7-1-2-8-9(5-7)16-4-3-15-8/h1-2,5H,3-4,6H2,(H2,12,13). The summed E-state index contributed by atoms with van der Waals surface area (Å²) in [5.41, 5.74) is 5.16. The first-order valence-electron chi connectivity index (χ1n) is 5.02. The van der Waals surface area contributed by atoms with Gasteiger partial charge in [0, 0.05) is 0 Å². The van der Waals surface area contributed by atoms with Crippen LogP contribution in [0.25, 0.3) is 0 Å². The third-order valence-corrected chi connectivity index (χ3v) is 2.12. The molecule has 0 spiro atoms. The number of esters is 1. The summed E-state index contributed by atoms with van der Waals surface area (Å²) in [4.78, 5) is 22.0. The summed E-state index contributed by atoms with van der Waals surface area (Å²) in [5, 5.41) is 0. The van der Waals surface area contributed by atoms with Crippen LogP contribution in [0.4, 0.5) is 0 Å². The van der Waals surface area contributed by atoms with Crippen molar-refractivity contribution < 1.29 is 23.8 Å². The molecule has 6 nitrogen and oxygen atoms in total. The molecule has 0 aromatic heterocycles. The number of amides is 1. The highest BCUT2D eigenvalue weighted by molar-refractivity contribution is 5.91. The molecule has 1 amide bonds. The second-order valence-electron chi connectivity index (χ2n) is 3.40. The van der Waals surface area contributed by atoms with Gasteiger partial charge < -0.3 is 19.9 Å². The number of carbonyl (C=O) groups excluding carboxylic acids is 2. The van der Waals surface area contributed by atoms with Gasteiger partial charge in [-0.05, 0) is 18.2 Å². The van der Waals surface area contributed by atoms with E-state index in [1.807, 2.05) is 0 Å². The number of hydrogen-bond donors (Lipinski definition) is 1. The van der Waals surface area contributed by atoms with Crippen molar-refractivity contribution in [2.45, 2.75) is 0 Å². The molecule has 0 fully saturated rings. The first-order chi connectivity index (χ1) is 8.16. The van der Waals surface area contributed by atoms with Crippen LogP contribution in [0, 0.1) is 0 Å². The highest BCUT2D eigenvalue weighted by atomic mass is 16.6. The van der Waals surface area contributed by atoms with E-state index in [9.17, 15) is 9.59 Å². The number of benzene rings is 1. The number of fused-ring (bicyclic) bond motifs is 1. The van der Waals surface area contributed by atoms with Crippen molar-refractivity contribution in [2.24, 2.45) is 5.73 Å². The fourth-order valence-electron chi connectivity index (χ4n) is 1.39. The third kappa shape index (κ3) is 2.66. The normalized spacial score (nSPS) is 12.9. The van der Waals surface area contributed by atoms with Gasteiger partial charge in [0.15, 0.2) is 18.1 Å². The zero-order valence-electron chi connectivity index (χ0n) is 8.97. The summed E-state index contributed by atoms with van der Waals surface area (Å²) in [6, 6.07) is 4.67. The van der Waals surface area contributed by atoms with Crippen LogP contribution in [0.15, 0.2) is 18.2 Å². The Morgan fingerprint density at radius 3 is 2.65 bits per heavy atom. The Balaban J connectivity index is 2.11. The Bertz CT molecular complexity index is 457. The van der Waals surface area contributed by atoms with Crippen molar-refractivity contribution in [3.63, 3.8) is 0 Å². The average Bonchev–Trinajstić information content (AvgIpc) is 2.35. The Kier molecular flexibility index (Phi) is 3.13. The number of ether oxygens (including phenoxy) is 3. The molecule has 0 bridgehead atoms. The molecule has 1 aromatic carbocycles. The molecule has 6 heteroatoms. The van der Waals surface area contributed by atoms with Crippen LogP contribution in [-0.2, 0) is 9.53 Å². The number of primary amides is 1. The Morgan fingerprint density at radius 1 is 1.24 bits per heavy atom. The monoisotopic (exact) mass is 237 g/mol. The lowest BCUT2D eigenvalue weighted by atomic mass is 10.2. The maximum absolute atomic E-state index is 11.5. The Morgan fingerprint density at radius 2 is 1.94 bits per heavy atom. The molecule has 2 rings (SSSR count). The van der Waals surface area contributed by atoms with Crippen molar-refractivity contribution >= 4 is 11.9 Å². The summed E-state index contributed by atoms with van der Waals surface area (Å²) in [7, 11) is 0. The molecular formula is C11H11NO5. The van der Waals surface area contributed by atoms with Crippen LogP contribution in [0.3, 0.4) is 0 Å². The molecule has 0 atom stereocenters. The van der Waals surface area contributed by atoms with Crippen molar-refractivity contribution in [1.82, 2.24) is 0 Å². The summed E-state index contributed by atoms with van der Waals surface area (Å²) in [5.74, 6) is -0.246. The molecular weight excluding hydrogens is 226 g/mol. The van der Waals surface area contributed by atoms with E-state index in [1.165, 1.54) is 12.1 Å². The maximum atomic E-state index is 11.5. The summed E-state index contributed by atoms with van der Waals surface area (Å²) in [6.07, 6.45) is 0. The van der Waals surface area contributed by atoms with Gasteiger partial charge in [0.1, 0.15) is 13.2 Å². The zero-order valence-corrected chi connectivity index (χ0v) is 8.97.